The minimum Gasteiger partial charge on any atom is -0.464 e. The summed E-state index contributed by atoms with van der Waals surface area (Å²) in [7, 11) is 0.811. The van der Waals surface area contributed by atoms with Crippen molar-refractivity contribution in [2.45, 2.75) is 13.5 Å². The molecule has 0 amide bonds. The summed E-state index contributed by atoms with van der Waals surface area (Å²) in [5, 5.41) is 0. The van der Waals surface area contributed by atoms with Crippen LogP contribution in [0.15, 0.2) is 0 Å². The first-order valence-corrected chi connectivity index (χ1v) is 7.12. The van der Waals surface area contributed by atoms with Crippen LogP contribution < -0.4 is 5.73 Å². The normalized spacial score (nSPS) is 11.8. The molecular formula is C10H18N4O4S. The molecule has 0 saturated carbocycles. The number of aryl methyl sites for hydroxylation is 1. The van der Waals surface area contributed by atoms with Crippen molar-refractivity contribution >= 4 is 21.8 Å². The molecule has 0 unspecified atom stereocenters. The summed E-state index contributed by atoms with van der Waals surface area (Å²) in [6.45, 7) is 1.77. The van der Waals surface area contributed by atoms with Gasteiger partial charge < -0.3 is 15.0 Å². The zero-order valence-corrected chi connectivity index (χ0v) is 12.2. The summed E-state index contributed by atoms with van der Waals surface area (Å²) in [6.07, 6.45) is 0. The Bertz CT molecular complexity index is 577. The fourth-order valence-corrected chi connectivity index (χ4v) is 2.28. The Kier molecular flexibility index (Phi) is 4.53. The summed E-state index contributed by atoms with van der Waals surface area (Å²) >= 11 is 0. The summed E-state index contributed by atoms with van der Waals surface area (Å²) in [4.78, 5) is 15.4. The predicted octanol–water partition coefficient (Wildman–Crippen LogP) is -0.548. The molecule has 0 aliphatic carbocycles. The molecule has 0 radical (unpaired) electrons. The van der Waals surface area contributed by atoms with Gasteiger partial charge in [-0.25, -0.2) is 22.5 Å². The van der Waals surface area contributed by atoms with Gasteiger partial charge in [0.25, 0.3) is 0 Å². The Morgan fingerprint density at radius 2 is 2.05 bits per heavy atom. The summed E-state index contributed by atoms with van der Waals surface area (Å²) < 4.78 is 30.5. The molecular weight excluding hydrogens is 272 g/mol. The van der Waals surface area contributed by atoms with Crippen molar-refractivity contribution in [2.24, 2.45) is 0 Å². The number of aromatic nitrogens is 2. The topological polar surface area (TPSA) is 108 Å². The molecule has 108 valence electrons. The number of imidazole rings is 1. The molecule has 0 saturated heterocycles. The van der Waals surface area contributed by atoms with Crippen LogP contribution in [0, 0.1) is 6.92 Å². The predicted molar refractivity (Wildman–Crippen MR) is 70.2 cm³/mol. The second-order valence-electron chi connectivity index (χ2n) is 4.13. The Hall–Kier alpha value is -1.61. The molecule has 19 heavy (non-hydrogen) atoms. The number of nitrogen functional groups attached to an aromatic ring is 1. The van der Waals surface area contributed by atoms with Crippen LogP contribution in [0.1, 0.15) is 16.3 Å². The number of nitrogens with zero attached hydrogens (tertiary/aromatic N) is 3. The molecule has 9 heteroatoms. The zero-order valence-electron chi connectivity index (χ0n) is 11.4. The van der Waals surface area contributed by atoms with Crippen molar-refractivity contribution in [3.8, 4) is 0 Å². The largest absolute Gasteiger partial charge is 0.464 e. The van der Waals surface area contributed by atoms with E-state index in [0.29, 0.717) is 5.82 Å². The quantitative estimate of drug-likeness (QED) is 0.729. The summed E-state index contributed by atoms with van der Waals surface area (Å²) in [6, 6.07) is 0. The SMILES string of the molecule is COC(=O)c1nc(C)n(CCS(=O)(=O)N(C)C)c1N. The molecule has 0 atom stereocenters. The van der Waals surface area contributed by atoms with Crippen molar-refractivity contribution in [3.63, 3.8) is 0 Å². The van der Waals surface area contributed by atoms with Crippen LogP contribution in [-0.4, -0.2) is 55.2 Å². The van der Waals surface area contributed by atoms with Crippen LogP contribution in [0.4, 0.5) is 5.82 Å². The maximum absolute atomic E-state index is 11.7. The lowest BCUT2D eigenvalue weighted by molar-refractivity contribution is 0.0595. The lowest BCUT2D eigenvalue weighted by atomic mass is 10.4. The van der Waals surface area contributed by atoms with Gasteiger partial charge in [0.1, 0.15) is 11.6 Å². The van der Waals surface area contributed by atoms with E-state index < -0.39 is 16.0 Å². The third kappa shape index (κ3) is 3.24. The first-order chi connectivity index (χ1) is 8.70. The van der Waals surface area contributed by atoms with E-state index in [1.807, 2.05) is 0 Å². The minimum atomic E-state index is -3.33. The van der Waals surface area contributed by atoms with Gasteiger partial charge in [-0.2, -0.15) is 0 Å². The lowest BCUT2D eigenvalue weighted by Crippen LogP contribution is -2.27. The maximum atomic E-state index is 11.7. The van der Waals surface area contributed by atoms with E-state index in [0.717, 1.165) is 4.31 Å². The van der Waals surface area contributed by atoms with Gasteiger partial charge in [-0.3, -0.25) is 0 Å². The van der Waals surface area contributed by atoms with Gasteiger partial charge in [-0.1, -0.05) is 0 Å². The van der Waals surface area contributed by atoms with E-state index in [9.17, 15) is 13.2 Å². The lowest BCUT2D eigenvalue weighted by Gasteiger charge is -2.12. The molecule has 1 aromatic rings. The number of hydrogen-bond acceptors (Lipinski definition) is 6. The molecule has 0 aliphatic heterocycles. The highest BCUT2D eigenvalue weighted by atomic mass is 32.2. The molecule has 1 heterocycles. The number of esters is 1. The summed E-state index contributed by atoms with van der Waals surface area (Å²) in [5.74, 6) is -0.192. The Morgan fingerprint density at radius 3 is 2.53 bits per heavy atom. The van der Waals surface area contributed by atoms with Gasteiger partial charge in [0.05, 0.1) is 12.9 Å². The number of nitrogens with two attached hydrogens (primary N) is 1. The van der Waals surface area contributed by atoms with Crippen LogP contribution in [0.2, 0.25) is 0 Å². The van der Waals surface area contributed by atoms with Crippen LogP contribution >= 0.6 is 0 Å². The smallest absolute Gasteiger partial charge is 0.360 e. The van der Waals surface area contributed by atoms with Crippen molar-refractivity contribution in [1.82, 2.24) is 13.9 Å². The second-order valence-corrected chi connectivity index (χ2v) is 6.44. The number of ether oxygens (including phenoxy) is 1. The van der Waals surface area contributed by atoms with Crippen molar-refractivity contribution in [1.29, 1.82) is 0 Å². The maximum Gasteiger partial charge on any atom is 0.360 e. The Morgan fingerprint density at radius 1 is 1.47 bits per heavy atom. The average molecular weight is 290 g/mol. The average Bonchev–Trinajstić information content (AvgIpc) is 2.61. The number of anilines is 1. The van der Waals surface area contributed by atoms with E-state index in [-0.39, 0.29) is 23.8 Å². The van der Waals surface area contributed by atoms with Crippen LogP contribution in [-0.2, 0) is 21.3 Å². The molecule has 1 rings (SSSR count). The fraction of sp³-hybridized carbons (Fsp3) is 0.600. The molecule has 0 aromatic carbocycles. The number of carbonyl (C=O) groups excluding carboxylic acids is 1. The van der Waals surface area contributed by atoms with Gasteiger partial charge in [-0.05, 0) is 6.92 Å². The summed E-state index contributed by atoms with van der Waals surface area (Å²) in [5.41, 5.74) is 5.78. The third-order valence-corrected chi connectivity index (χ3v) is 4.52. The van der Waals surface area contributed by atoms with E-state index >= 15 is 0 Å². The molecule has 0 spiro atoms. The standard InChI is InChI=1S/C10H18N4O4S/c1-7-12-8(10(15)18-4)9(11)14(7)5-6-19(16,17)13(2)3/h5-6,11H2,1-4H3. The van der Waals surface area contributed by atoms with Crippen LogP contribution in [0.3, 0.4) is 0 Å². The molecule has 0 bridgehead atoms. The molecule has 0 aliphatic rings. The van der Waals surface area contributed by atoms with Gasteiger partial charge >= 0.3 is 5.97 Å². The molecule has 0 fully saturated rings. The monoisotopic (exact) mass is 290 g/mol. The van der Waals surface area contributed by atoms with E-state index in [4.69, 9.17) is 5.73 Å². The van der Waals surface area contributed by atoms with Crippen LogP contribution in [0.5, 0.6) is 0 Å². The third-order valence-electron chi connectivity index (χ3n) is 2.71. The Balaban J connectivity index is 2.98. The van der Waals surface area contributed by atoms with Crippen molar-refractivity contribution < 1.29 is 17.9 Å². The first-order valence-electron chi connectivity index (χ1n) is 5.51. The number of carbonyl (C=O) groups is 1. The van der Waals surface area contributed by atoms with Crippen molar-refractivity contribution in [2.75, 3.05) is 32.7 Å². The number of sulfonamides is 1. The highest BCUT2D eigenvalue weighted by Crippen LogP contribution is 2.15. The minimum absolute atomic E-state index is 0.00208. The highest BCUT2D eigenvalue weighted by Gasteiger charge is 2.21. The van der Waals surface area contributed by atoms with Crippen molar-refractivity contribution in [3.05, 3.63) is 11.5 Å². The number of hydrogen-bond donors (Lipinski definition) is 1. The van der Waals surface area contributed by atoms with Gasteiger partial charge in [0.15, 0.2) is 5.69 Å². The number of methoxy groups -OCH3 is 1. The first kappa shape index (κ1) is 15.4. The second kappa shape index (κ2) is 5.57. The zero-order chi connectivity index (χ0) is 14.8. The van der Waals surface area contributed by atoms with Gasteiger partial charge in [0, 0.05) is 20.6 Å². The highest BCUT2D eigenvalue weighted by molar-refractivity contribution is 7.89. The Labute approximate surface area is 112 Å². The fourth-order valence-electron chi connectivity index (χ4n) is 1.50. The van der Waals surface area contributed by atoms with Crippen LogP contribution in [0.25, 0.3) is 0 Å². The van der Waals surface area contributed by atoms with E-state index in [1.165, 1.54) is 25.8 Å². The molecule has 8 nitrogen and oxygen atoms in total. The van der Waals surface area contributed by atoms with E-state index in [1.54, 1.807) is 6.92 Å². The van der Waals surface area contributed by atoms with Gasteiger partial charge in [0.2, 0.25) is 10.0 Å². The molecule has 2 N–H and O–H groups in total. The van der Waals surface area contributed by atoms with E-state index in [2.05, 4.69) is 9.72 Å². The molecule has 1 aromatic heterocycles. The number of rotatable bonds is 5. The van der Waals surface area contributed by atoms with Gasteiger partial charge in [-0.15, -0.1) is 0 Å².